The standard InChI is InChI=1S/C27H29BrFN5O3/c1-27(8-11-32(12-9-27)26(37)18-5-6-22-19(13-18)14-30-31-22)25-21(28)3-2-4-23(25)34(17-35)16-24(36)33-10-7-20(29)15-33/h2-6,13-14,17,20H,7-12,15-16H2,1H3,(H,30,31). The minimum absolute atomic E-state index is 0.0191. The maximum atomic E-state index is 13.6. The highest BCUT2D eigenvalue weighted by atomic mass is 79.9. The molecule has 2 aliphatic rings. The molecule has 1 atom stereocenters. The molecule has 8 nitrogen and oxygen atoms in total. The molecule has 3 heterocycles. The Bertz CT molecular complexity index is 1340. The van der Waals surface area contributed by atoms with E-state index in [1.807, 2.05) is 41.3 Å². The summed E-state index contributed by atoms with van der Waals surface area (Å²) in [6.07, 6.45) is 3.08. The number of nitrogens with zero attached hydrogens (tertiary/aromatic N) is 4. The largest absolute Gasteiger partial charge is 0.339 e. The minimum Gasteiger partial charge on any atom is -0.339 e. The van der Waals surface area contributed by atoms with E-state index in [0.717, 1.165) is 20.9 Å². The molecule has 0 saturated carbocycles. The van der Waals surface area contributed by atoms with Crippen molar-refractivity contribution in [2.75, 3.05) is 37.6 Å². The molecule has 1 aromatic heterocycles. The van der Waals surface area contributed by atoms with Crippen molar-refractivity contribution in [3.05, 3.63) is 58.2 Å². The average molecular weight is 570 g/mol. The number of hydrogen-bond acceptors (Lipinski definition) is 4. The van der Waals surface area contributed by atoms with Gasteiger partial charge >= 0.3 is 0 Å². The van der Waals surface area contributed by atoms with E-state index in [2.05, 4.69) is 33.1 Å². The number of fused-ring (bicyclic) bond motifs is 1. The van der Waals surface area contributed by atoms with Crippen molar-refractivity contribution >= 4 is 50.7 Å². The lowest BCUT2D eigenvalue weighted by molar-refractivity contribution is -0.129. The predicted molar refractivity (Wildman–Crippen MR) is 142 cm³/mol. The zero-order valence-corrected chi connectivity index (χ0v) is 22.2. The smallest absolute Gasteiger partial charge is 0.253 e. The molecule has 37 heavy (non-hydrogen) atoms. The number of benzene rings is 2. The molecule has 1 unspecified atom stereocenters. The van der Waals surface area contributed by atoms with Crippen molar-refractivity contribution in [1.82, 2.24) is 20.0 Å². The zero-order chi connectivity index (χ0) is 26.2. The first kappa shape index (κ1) is 25.4. The van der Waals surface area contributed by atoms with Crippen LogP contribution in [0.2, 0.25) is 0 Å². The van der Waals surface area contributed by atoms with Crippen LogP contribution in [0.1, 0.15) is 42.1 Å². The fourth-order valence-electron chi connectivity index (χ4n) is 5.43. The van der Waals surface area contributed by atoms with Crippen LogP contribution in [-0.2, 0) is 15.0 Å². The Balaban J connectivity index is 1.34. The van der Waals surface area contributed by atoms with Gasteiger partial charge in [-0.1, -0.05) is 28.9 Å². The van der Waals surface area contributed by atoms with Crippen LogP contribution < -0.4 is 4.90 Å². The Morgan fingerprint density at radius 2 is 2.00 bits per heavy atom. The van der Waals surface area contributed by atoms with Gasteiger partial charge in [0.05, 0.1) is 18.3 Å². The van der Waals surface area contributed by atoms with Crippen LogP contribution in [0.25, 0.3) is 10.9 Å². The van der Waals surface area contributed by atoms with Crippen LogP contribution in [0.15, 0.2) is 47.1 Å². The number of halogens is 2. The molecule has 0 bridgehead atoms. The van der Waals surface area contributed by atoms with E-state index in [4.69, 9.17) is 0 Å². The molecule has 10 heteroatoms. The first-order valence-electron chi connectivity index (χ1n) is 12.4. The highest BCUT2D eigenvalue weighted by molar-refractivity contribution is 9.10. The molecule has 2 aliphatic heterocycles. The molecule has 1 N–H and O–H groups in total. The lowest BCUT2D eigenvalue weighted by Crippen LogP contribution is -2.45. The fourth-order valence-corrected chi connectivity index (χ4v) is 6.26. The molecule has 2 aromatic carbocycles. The van der Waals surface area contributed by atoms with Crippen molar-refractivity contribution in [1.29, 1.82) is 0 Å². The molecule has 3 amide bonds. The Morgan fingerprint density at radius 3 is 2.70 bits per heavy atom. The van der Waals surface area contributed by atoms with E-state index < -0.39 is 6.17 Å². The number of amides is 3. The van der Waals surface area contributed by atoms with Gasteiger partial charge in [0.25, 0.3) is 5.91 Å². The summed E-state index contributed by atoms with van der Waals surface area (Å²) in [5, 5.41) is 7.82. The van der Waals surface area contributed by atoms with E-state index >= 15 is 0 Å². The minimum atomic E-state index is -1.01. The number of nitrogens with one attached hydrogen (secondary N) is 1. The average Bonchev–Trinajstić information content (AvgIpc) is 3.55. The number of piperidine rings is 1. The van der Waals surface area contributed by atoms with Gasteiger partial charge in [-0.25, -0.2) is 4.39 Å². The van der Waals surface area contributed by atoms with E-state index in [1.54, 1.807) is 6.20 Å². The van der Waals surface area contributed by atoms with Gasteiger partial charge in [0.15, 0.2) is 0 Å². The molecule has 0 radical (unpaired) electrons. The van der Waals surface area contributed by atoms with Crippen molar-refractivity contribution in [2.24, 2.45) is 0 Å². The molecule has 2 fully saturated rings. The number of carbonyl (C=O) groups excluding carboxylic acids is 3. The van der Waals surface area contributed by atoms with Gasteiger partial charge in [0, 0.05) is 40.7 Å². The maximum Gasteiger partial charge on any atom is 0.253 e. The highest BCUT2D eigenvalue weighted by Gasteiger charge is 2.38. The third kappa shape index (κ3) is 4.99. The molecule has 0 aliphatic carbocycles. The molecule has 5 rings (SSSR count). The number of aromatic nitrogens is 2. The van der Waals surface area contributed by atoms with E-state index in [-0.39, 0.29) is 30.3 Å². The molecular weight excluding hydrogens is 541 g/mol. The van der Waals surface area contributed by atoms with Crippen molar-refractivity contribution < 1.29 is 18.8 Å². The van der Waals surface area contributed by atoms with Crippen LogP contribution in [0.3, 0.4) is 0 Å². The zero-order valence-electron chi connectivity index (χ0n) is 20.6. The van der Waals surface area contributed by atoms with E-state index in [1.165, 1.54) is 9.80 Å². The molecule has 0 spiro atoms. The van der Waals surface area contributed by atoms with Gasteiger partial charge in [0.1, 0.15) is 12.7 Å². The lowest BCUT2D eigenvalue weighted by Gasteiger charge is -2.42. The Kier molecular flexibility index (Phi) is 7.02. The maximum absolute atomic E-state index is 13.6. The first-order valence-corrected chi connectivity index (χ1v) is 13.2. The SMILES string of the molecule is CC1(c2c(Br)cccc2N(C=O)CC(=O)N2CCC(F)C2)CCN(C(=O)c2ccc3[nH]ncc3c2)CC1. The number of alkyl halides is 1. The van der Waals surface area contributed by atoms with Crippen LogP contribution in [0.4, 0.5) is 10.1 Å². The van der Waals surface area contributed by atoms with Gasteiger partial charge in [-0.3, -0.25) is 19.5 Å². The predicted octanol–water partition coefficient (Wildman–Crippen LogP) is 4.05. The van der Waals surface area contributed by atoms with Gasteiger partial charge in [0.2, 0.25) is 12.3 Å². The number of carbonyl (C=O) groups is 3. The van der Waals surface area contributed by atoms with E-state index in [9.17, 15) is 18.8 Å². The Morgan fingerprint density at radius 1 is 1.22 bits per heavy atom. The number of aromatic amines is 1. The summed E-state index contributed by atoms with van der Waals surface area (Å²) in [5.41, 5.74) is 2.77. The topological polar surface area (TPSA) is 89.6 Å². The third-order valence-electron chi connectivity index (χ3n) is 7.66. The number of anilines is 1. The summed E-state index contributed by atoms with van der Waals surface area (Å²) in [6, 6.07) is 11.1. The normalized spacial score (nSPS) is 19.3. The number of hydrogen-bond donors (Lipinski definition) is 1. The third-order valence-corrected chi connectivity index (χ3v) is 8.32. The molecule has 3 aromatic rings. The number of likely N-dealkylation sites (tertiary alicyclic amines) is 2. The molecular formula is C27H29BrFN5O3. The quantitative estimate of drug-likeness (QED) is 0.453. The Hall–Kier alpha value is -3.27. The van der Waals surface area contributed by atoms with Gasteiger partial charge < -0.3 is 14.7 Å². The summed E-state index contributed by atoms with van der Waals surface area (Å²) >= 11 is 3.68. The first-order chi connectivity index (χ1) is 17.8. The molecule has 194 valence electrons. The van der Waals surface area contributed by atoms with Gasteiger partial charge in [-0.05, 0) is 60.6 Å². The fraction of sp³-hybridized carbons (Fsp3) is 0.407. The Labute approximate surface area is 222 Å². The monoisotopic (exact) mass is 569 g/mol. The highest BCUT2D eigenvalue weighted by Crippen LogP contribution is 2.44. The van der Waals surface area contributed by atoms with Crippen LogP contribution in [-0.4, -0.2) is 77.1 Å². The second kappa shape index (κ2) is 10.2. The second-order valence-electron chi connectivity index (χ2n) is 10.1. The van der Waals surface area contributed by atoms with Crippen LogP contribution in [0, 0.1) is 0 Å². The van der Waals surface area contributed by atoms with Crippen LogP contribution in [0.5, 0.6) is 0 Å². The van der Waals surface area contributed by atoms with Crippen LogP contribution >= 0.6 is 15.9 Å². The van der Waals surface area contributed by atoms with Gasteiger partial charge in [-0.15, -0.1) is 0 Å². The summed E-state index contributed by atoms with van der Waals surface area (Å²) < 4.78 is 14.5. The number of rotatable bonds is 6. The second-order valence-corrected chi connectivity index (χ2v) is 11.0. The summed E-state index contributed by atoms with van der Waals surface area (Å²) in [4.78, 5) is 42.9. The number of H-pyrrole nitrogens is 1. The van der Waals surface area contributed by atoms with Gasteiger partial charge in [-0.2, -0.15) is 5.10 Å². The molecule has 2 saturated heterocycles. The summed E-state index contributed by atoms with van der Waals surface area (Å²) in [5.74, 6) is -0.285. The van der Waals surface area contributed by atoms with Crippen molar-refractivity contribution in [3.8, 4) is 0 Å². The summed E-state index contributed by atoms with van der Waals surface area (Å²) in [7, 11) is 0. The lowest BCUT2D eigenvalue weighted by atomic mass is 9.73. The summed E-state index contributed by atoms with van der Waals surface area (Å²) in [6.45, 7) is 3.56. The van der Waals surface area contributed by atoms with Crippen molar-refractivity contribution in [2.45, 2.75) is 37.8 Å². The van der Waals surface area contributed by atoms with E-state index in [0.29, 0.717) is 56.6 Å². The van der Waals surface area contributed by atoms with Crippen molar-refractivity contribution in [3.63, 3.8) is 0 Å².